The van der Waals surface area contributed by atoms with Gasteiger partial charge in [0.1, 0.15) is 17.0 Å². The van der Waals surface area contributed by atoms with Crippen LogP contribution in [0.3, 0.4) is 0 Å². The summed E-state index contributed by atoms with van der Waals surface area (Å²) < 4.78 is 5.12. The smallest absolute Gasteiger partial charge is 0.216 e. The number of aromatic nitrogens is 3. The van der Waals surface area contributed by atoms with Gasteiger partial charge in [-0.3, -0.25) is 0 Å². The van der Waals surface area contributed by atoms with Crippen molar-refractivity contribution in [3.63, 3.8) is 0 Å². The van der Waals surface area contributed by atoms with Gasteiger partial charge in [-0.15, -0.1) is 11.3 Å². The molecule has 0 aliphatic rings. The Labute approximate surface area is 123 Å². The minimum atomic E-state index is 0.558. The van der Waals surface area contributed by atoms with E-state index in [9.17, 15) is 0 Å². The van der Waals surface area contributed by atoms with Crippen molar-refractivity contribution in [2.75, 3.05) is 13.7 Å². The number of thiazole rings is 1. The van der Waals surface area contributed by atoms with Crippen LogP contribution in [0, 0.1) is 12.8 Å². The summed E-state index contributed by atoms with van der Waals surface area (Å²) in [5.74, 6) is 1.20. The lowest BCUT2D eigenvalue weighted by Gasteiger charge is -2.05. The van der Waals surface area contributed by atoms with Gasteiger partial charge in [0.25, 0.3) is 0 Å². The molecule has 0 bridgehead atoms. The van der Waals surface area contributed by atoms with E-state index in [0.29, 0.717) is 11.8 Å². The molecule has 0 aliphatic carbocycles. The van der Waals surface area contributed by atoms with E-state index in [1.165, 1.54) is 11.2 Å². The number of nitrogens with one attached hydrogen (secondary N) is 1. The quantitative estimate of drug-likeness (QED) is 0.887. The third kappa shape index (κ3) is 3.74. The molecule has 5 nitrogen and oxygen atoms in total. The Morgan fingerprint density at radius 2 is 2.15 bits per heavy atom. The molecule has 2 rings (SSSR count). The third-order valence-corrected chi connectivity index (χ3v) is 3.98. The highest BCUT2D eigenvalue weighted by Gasteiger charge is 2.11. The van der Waals surface area contributed by atoms with Crippen molar-refractivity contribution in [3.05, 3.63) is 23.0 Å². The van der Waals surface area contributed by atoms with Crippen molar-refractivity contribution in [1.82, 2.24) is 20.3 Å². The van der Waals surface area contributed by atoms with Gasteiger partial charge in [0.2, 0.25) is 5.88 Å². The lowest BCUT2D eigenvalue weighted by Crippen LogP contribution is -2.18. The summed E-state index contributed by atoms with van der Waals surface area (Å²) in [5, 5.41) is 4.35. The van der Waals surface area contributed by atoms with Crippen molar-refractivity contribution in [3.8, 4) is 16.6 Å². The Hall–Kier alpha value is -1.53. The molecule has 0 unspecified atom stereocenters. The molecule has 2 aromatic heterocycles. The van der Waals surface area contributed by atoms with E-state index in [1.807, 2.05) is 13.0 Å². The highest BCUT2D eigenvalue weighted by Crippen LogP contribution is 2.27. The molecule has 0 aliphatic heterocycles. The van der Waals surface area contributed by atoms with E-state index in [0.717, 1.165) is 29.5 Å². The molecule has 2 aromatic rings. The van der Waals surface area contributed by atoms with E-state index in [-0.39, 0.29) is 0 Å². The molecule has 2 heterocycles. The van der Waals surface area contributed by atoms with Gasteiger partial charge in [-0.2, -0.15) is 0 Å². The standard InChI is InChI=1S/C14H20N4OS/c1-9(2)6-15-7-12-10(3)18-14(20-12)11-5-13(19-4)17-8-16-11/h5,8-9,15H,6-7H2,1-4H3. The molecule has 0 saturated heterocycles. The van der Waals surface area contributed by atoms with Crippen LogP contribution in [0.25, 0.3) is 10.7 Å². The van der Waals surface area contributed by atoms with Crippen molar-refractivity contribution >= 4 is 11.3 Å². The fraction of sp³-hybridized carbons (Fsp3) is 0.500. The molecule has 0 radical (unpaired) electrons. The molecule has 0 saturated carbocycles. The Morgan fingerprint density at radius 1 is 1.35 bits per heavy atom. The first kappa shape index (κ1) is 14.9. The molecule has 0 spiro atoms. The molecular weight excluding hydrogens is 272 g/mol. The van der Waals surface area contributed by atoms with Crippen LogP contribution in [0.2, 0.25) is 0 Å². The summed E-state index contributed by atoms with van der Waals surface area (Å²) in [6.07, 6.45) is 1.50. The van der Waals surface area contributed by atoms with Crippen LogP contribution in [0.5, 0.6) is 5.88 Å². The average molecular weight is 292 g/mol. The summed E-state index contributed by atoms with van der Waals surface area (Å²) in [5.41, 5.74) is 1.86. The minimum Gasteiger partial charge on any atom is -0.481 e. The summed E-state index contributed by atoms with van der Waals surface area (Å²) in [6, 6.07) is 1.81. The maximum atomic E-state index is 5.12. The predicted molar refractivity (Wildman–Crippen MR) is 81.0 cm³/mol. The number of hydrogen-bond acceptors (Lipinski definition) is 6. The van der Waals surface area contributed by atoms with Crippen LogP contribution in [0.1, 0.15) is 24.4 Å². The zero-order valence-corrected chi connectivity index (χ0v) is 13.1. The zero-order valence-electron chi connectivity index (χ0n) is 12.3. The number of nitrogens with zero attached hydrogens (tertiary/aromatic N) is 3. The number of ether oxygens (including phenoxy) is 1. The maximum absolute atomic E-state index is 5.12. The summed E-state index contributed by atoms with van der Waals surface area (Å²) in [4.78, 5) is 14.1. The minimum absolute atomic E-state index is 0.558. The first-order chi connectivity index (χ1) is 9.60. The van der Waals surface area contributed by atoms with Crippen molar-refractivity contribution in [2.24, 2.45) is 5.92 Å². The predicted octanol–water partition coefficient (Wildman–Crippen LogP) is 2.66. The number of aryl methyl sites for hydroxylation is 1. The second-order valence-corrected chi connectivity index (χ2v) is 6.08. The van der Waals surface area contributed by atoms with E-state index >= 15 is 0 Å². The molecule has 1 N–H and O–H groups in total. The van der Waals surface area contributed by atoms with E-state index in [4.69, 9.17) is 4.74 Å². The molecule has 0 fully saturated rings. The van der Waals surface area contributed by atoms with Crippen LogP contribution in [-0.2, 0) is 6.54 Å². The topological polar surface area (TPSA) is 59.9 Å². The first-order valence-corrected chi connectivity index (χ1v) is 7.45. The Bertz CT molecular complexity index is 568. The molecule has 108 valence electrons. The molecule has 6 heteroatoms. The van der Waals surface area contributed by atoms with Gasteiger partial charge in [-0.1, -0.05) is 13.8 Å². The molecule has 20 heavy (non-hydrogen) atoms. The van der Waals surface area contributed by atoms with Gasteiger partial charge < -0.3 is 10.1 Å². The zero-order chi connectivity index (χ0) is 14.5. The largest absolute Gasteiger partial charge is 0.481 e. The normalized spacial score (nSPS) is 11.1. The van der Waals surface area contributed by atoms with Crippen molar-refractivity contribution < 1.29 is 4.74 Å². The second kappa shape index (κ2) is 6.76. The first-order valence-electron chi connectivity index (χ1n) is 6.63. The maximum Gasteiger partial charge on any atom is 0.216 e. The van der Waals surface area contributed by atoms with Crippen LogP contribution >= 0.6 is 11.3 Å². The van der Waals surface area contributed by atoms with Crippen LogP contribution in [0.15, 0.2) is 12.4 Å². The molecule has 0 atom stereocenters. The molecular formula is C14H20N4OS. The Morgan fingerprint density at radius 3 is 2.85 bits per heavy atom. The van der Waals surface area contributed by atoms with Gasteiger partial charge in [0, 0.05) is 17.5 Å². The number of rotatable bonds is 6. The van der Waals surface area contributed by atoms with Gasteiger partial charge in [-0.25, -0.2) is 15.0 Å². The van der Waals surface area contributed by atoms with Crippen LogP contribution < -0.4 is 10.1 Å². The average Bonchev–Trinajstić information content (AvgIpc) is 2.80. The fourth-order valence-electron chi connectivity index (χ4n) is 1.74. The summed E-state index contributed by atoms with van der Waals surface area (Å²) in [7, 11) is 1.60. The van der Waals surface area contributed by atoms with Crippen LogP contribution in [-0.4, -0.2) is 28.6 Å². The highest BCUT2D eigenvalue weighted by molar-refractivity contribution is 7.15. The van der Waals surface area contributed by atoms with Gasteiger partial charge >= 0.3 is 0 Å². The lowest BCUT2D eigenvalue weighted by atomic mass is 10.2. The number of methoxy groups -OCH3 is 1. The lowest BCUT2D eigenvalue weighted by molar-refractivity contribution is 0.397. The van der Waals surface area contributed by atoms with E-state index < -0.39 is 0 Å². The van der Waals surface area contributed by atoms with Crippen molar-refractivity contribution in [2.45, 2.75) is 27.3 Å². The highest BCUT2D eigenvalue weighted by atomic mass is 32.1. The van der Waals surface area contributed by atoms with Gasteiger partial charge in [-0.05, 0) is 19.4 Å². The Balaban J connectivity index is 2.13. The number of hydrogen-bond donors (Lipinski definition) is 1. The summed E-state index contributed by atoms with van der Waals surface area (Å²) in [6.45, 7) is 8.29. The van der Waals surface area contributed by atoms with E-state index in [1.54, 1.807) is 18.4 Å². The summed E-state index contributed by atoms with van der Waals surface area (Å²) >= 11 is 1.66. The monoisotopic (exact) mass is 292 g/mol. The third-order valence-electron chi connectivity index (χ3n) is 2.80. The SMILES string of the molecule is COc1cc(-c2nc(C)c(CNCC(C)C)s2)ncn1. The van der Waals surface area contributed by atoms with Crippen molar-refractivity contribution in [1.29, 1.82) is 0 Å². The van der Waals surface area contributed by atoms with Crippen LogP contribution in [0.4, 0.5) is 0 Å². The fourth-order valence-corrected chi connectivity index (χ4v) is 2.74. The Kier molecular flexibility index (Phi) is 5.03. The van der Waals surface area contributed by atoms with Gasteiger partial charge in [0.15, 0.2) is 0 Å². The van der Waals surface area contributed by atoms with E-state index in [2.05, 4.69) is 34.1 Å². The molecule has 0 aromatic carbocycles. The second-order valence-electron chi connectivity index (χ2n) is 5.00. The van der Waals surface area contributed by atoms with Gasteiger partial charge in [0.05, 0.1) is 12.8 Å². The molecule has 0 amide bonds.